The van der Waals surface area contributed by atoms with Crippen LogP contribution in [0, 0.1) is 5.41 Å². The lowest BCUT2D eigenvalue weighted by molar-refractivity contribution is -0.149. The molecule has 0 aromatic rings. The number of hydrogen-bond acceptors (Lipinski definition) is 5. The predicted octanol–water partition coefficient (Wildman–Crippen LogP) is 2.02. The first-order chi connectivity index (χ1) is 10.1. The highest BCUT2D eigenvalue weighted by Crippen LogP contribution is 2.21. The maximum Gasteiger partial charge on any atom is 0.305 e. The van der Waals surface area contributed by atoms with Crippen molar-refractivity contribution in [2.24, 2.45) is 5.41 Å². The van der Waals surface area contributed by atoms with Gasteiger partial charge in [-0.1, -0.05) is 39.0 Å². The third kappa shape index (κ3) is 9.82. The van der Waals surface area contributed by atoms with Crippen LogP contribution in [-0.2, 0) is 9.53 Å². The van der Waals surface area contributed by atoms with Gasteiger partial charge in [0.25, 0.3) is 0 Å². The fourth-order valence-electron chi connectivity index (χ4n) is 2.04. The number of aliphatic hydroxyl groups is 3. The molecule has 0 heterocycles. The molecule has 0 amide bonds. The van der Waals surface area contributed by atoms with Gasteiger partial charge in [0.15, 0.2) is 0 Å². The molecule has 0 radical (unpaired) electrons. The Balaban J connectivity index is 3.58. The van der Waals surface area contributed by atoms with Gasteiger partial charge in [-0.3, -0.25) is 4.79 Å². The summed E-state index contributed by atoms with van der Waals surface area (Å²) in [5, 5.41) is 27.2. The van der Waals surface area contributed by atoms with Crippen LogP contribution >= 0.6 is 0 Å². The van der Waals surface area contributed by atoms with Crippen LogP contribution in [0.1, 0.15) is 64.7 Å². The molecule has 5 heteroatoms. The first-order valence-corrected chi connectivity index (χ1v) is 8.12. The van der Waals surface area contributed by atoms with Crippen molar-refractivity contribution < 1.29 is 24.9 Å². The van der Waals surface area contributed by atoms with E-state index < -0.39 is 5.41 Å². The van der Waals surface area contributed by atoms with E-state index in [0.29, 0.717) is 12.8 Å². The van der Waals surface area contributed by atoms with Crippen LogP contribution in [0.4, 0.5) is 0 Å². The summed E-state index contributed by atoms with van der Waals surface area (Å²) in [6.07, 6.45) is 8.11. The molecule has 0 rings (SSSR count). The minimum atomic E-state index is -0.706. The molecule has 0 unspecified atom stereocenters. The van der Waals surface area contributed by atoms with E-state index in [1.807, 2.05) is 6.92 Å². The van der Waals surface area contributed by atoms with Crippen LogP contribution in [0.5, 0.6) is 0 Å². The Kier molecular flexibility index (Phi) is 12.6. The lowest BCUT2D eigenvalue weighted by Gasteiger charge is -2.27. The Labute approximate surface area is 128 Å². The van der Waals surface area contributed by atoms with Gasteiger partial charge >= 0.3 is 5.97 Å². The van der Waals surface area contributed by atoms with Crippen molar-refractivity contribution in [3.05, 3.63) is 0 Å². The van der Waals surface area contributed by atoms with Gasteiger partial charge in [-0.15, -0.1) is 0 Å². The first-order valence-electron chi connectivity index (χ1n) is 8.12. The summed E-state index contributed by atoms with van der Waals surface area (Å²) >= 11 is 0. The molecule has 0 aromatic heterocycles. The Hall–Kier alpha value is -0.650. The summed E-state index contributed by atoms with van der Waals surface area (Å²) in [6.45, 7) is 1.85. The average Bonchev–Trinajstić information content (AvgIpc) is 2.52. The van der Waals surface area contributed by atoms with Crippen LogP contribution in [0.25, 0.3) is 0 Å². The van der Waals surface area contributed by atoms with Gasteiger partial charge in [0, 0.05) is 13.0 Å². The van der Waals surface area contributed by atoms with Gasteiger partial charge < -0.3 is 20.1 Å². The number of hydrogen-bond donors (Lipinski definition) is 3. The molecule has 3 N–H and O–H groups in total. The third-order valence-corrected chi connectivity index (χ3v) is 4.00. The quantitative estimate of drug-likeness (QED) is 0.337. The number of unbranched alkanes of at least 4 members (excludes halogenated alkanes) is 6. The van der Waals surface area contributed by atoms with E-state index in [9.17, 15) is 15.0 Å². The lowest BCUT2D eigenvalue weighted by atomic mass is 9.88. The maximum atomic E-state index is 11.6. The van der Waals surface area contributed by atoms with E-state index >= 15 is 0 Å². The van der Waals surface area contributed by atoms with Crippen molar-refractivity contribution in [2.45, 2.75) is 64.7 Å². The SMILES string of the molecule is CCC(CO)(CO)COC(=O)CCCCCCCCCO. The molecule has 0 fully saturated rings. The lowest BCUT2D eigenvalue weighted by Crippen LogP contribution is -2.35. The first kappa shape index (κ1) is 20.3. The van der Waals surface area contributed by atoms with Gasteiger partial charge in [0.05, 0.1) is 18.6 Å². The fraction of sp³-hybridized carbons (Fsp3) is 0.938. The third-order valence-electron chi connectivity index (χ3n) is 4.00. The summed E-state index contributed by atoms with van der Waals surface area (Å²) in [7, 11) is 0. The molecule has 0 aliphatic carbocycles. The van der Waals surface area contributed by atoms with E-state index in [4.69, 9.17) is 9.84 Å². The normalized spacial score (nSPS) is 11.6. The van der Waals surface area contributed by atoms with Crippen LogP contribution in [0.2, 0.25) is 0 Å². The van der Waals surface area contributed by atoms with Crippen LogP contribution in [0.3, 0.4) is 0 Å². The van der Waals surface area contributed by atoms with E-state index in [0.717, 1.165) is 44.9 Å². The Bertz CT molecular complexity index is 243. The van der Waals surface area contributed by atoms with E-state index in [-0.39, 0.29) is 32.4 Å². The molecule has 0 bridgehead atoms. The van der Waals surface area contributed by atoms with Crippen molar-refractivity contribution in [3.8, 4) is 0 Å². The molecular weight excluding hydrogens is 272 g/mol. The molecule has 0 atom stereocenters. The van der Waals surface area contributed by atoms with Crippen molar-refractivity contribution >= 4 is 5.97 Å². The second kappa shape index (κ2) is 13.0. The van der Waals surface area contributed by atoms with Crippen molar-refractivity contribution in [1.29, 1.82) is 0 Å². The van der Waals surface area contributed by atoms with Crippen LogP contribution < -0.4 is 0 Å². The molecule has 21 heavy (non-hydrogen) atoms. The Morgan fingerprint density at radius 3 is 1.90 bits per heavy atom. The monoisotopic (exact) mass is 304 g/mol. The average molecular weight is 304 g/mol. The summed E-state index contributed by atoms with van der Waals surface area (Å²) in [4.78, 5) is 11.6. The molecule has 0 saturated heterocycles. The van der Waals surface area contributed by atoms with Crippen molar-refractivity contribution in [2.75, 3.05) is 26.4 Å². The summed E-state index contributed by atoms with van der Waals surface area (Å²) in [6, 6.07) is 0. The second-order valence-electron chi connectivity index (χ2n) is 5.78. The zero-order chi connectivity index (χ0) is 16.0. The molecule has 0 aliphatic rings. The zero-order valence-electron chi connectivity index (χ0n) is 13.4. The number of rotatable bonds is 14. The molecule has 0 aliphatic heterocycles. The van der Waals surface area contributed by atoms with Gasteiger partial charge in [0.1, 0.15) is 6.61 Å². The highest BCUT2D eigenvalue weighted by Gasteiger charge is 2.28. The Morgan fingerprint density at radius 1 is 0.905 bits per heavy atom. The number of esters is 1. The topological polar surface area (TPSA) is 87.0 Å². The highest BCUT2D eigenvalue weighted by molar-refractivity contribution is 5.69. The maximum absolute atomic E-state index is 11.6. The largest absolute Gasteiger partial charge is 0.465 e. The highest BCUT2D eigenvalue weighted by atomic mass is 16.5. The van der Waals surface area contributed by atoms with Gasteiger partial charge in [-0.2, -0.15) is 0 Å². The number of aliphatic hydroxyl groups excluding tert-OH is 3. The Morgan fingerprint density at radius 2 is 1.43 bits per heavy atom. The van der Waals surface area contributed by atoms with E-state index in [1.165, 1.54) is 0 Å². The minimum absolute atomic E-state index is 0.0799. The van der Waals surface area contributed by atoms with Crippen LogP contribution in [0.15, 0.2) is 0 Å². The van der Waals surface area contributed by atoms with E-state index in [2.05, 4.69) is 0 Å². The summed E-state index contributed by atoms with van der Waals surface area (Å²) in [5.41, 5.74) is -0.706. The standard InChI is InChI=1S/C16H32O5/c1-2-16(12-18,13-19)14-21-15(20)10-8-6-4-3-5-7-9-11-17/h17-19H,2-14H2,1H3. The summed E-state index contributed by atoms with van der Waals surface area (Å²) < 4.78 is 5.15. The van der Waals surface area contributed by atoms with Crippen molar-refractivity contribution in [3.63, 3.8) is 0 Å². The zero-order valence-corrected chi connectivity index (χ0v) is 13.4. The van der Waals surface area contributed by atoms with Crippen LogP contribution in [-0.4, -0.2) is 47.7 Å². The van der Waals surface area contributed by atoms with Gasteiger partial charge in [-0.25, -0.2) is 0 Å². The molecule has 5 nitrogen and oxygen atoms in total. The van der Waals surface area contributed by atoms with Gasteiger partial charge in [-0.05, 0) is 19.3 Å². The van der Waals surface area contributed by atoms with Gasteiger partial charge in [0.2, 0.25) is 0 Å². The second-order valence-corrected chi connectivity index (χ2v) is 5.78. The molecule has 126 valence electrons. The number of carbonyl (C=O) groups is 1. The number of ether oxygens (including phenoxy) is 1. The smallest absolute Gasteiger partial charge is 0.305 e. The molecule has 0 saturated carbocycles. The van der Waals surface area contributed by atoms with E-state index in [1.54, 1.807) is 0 Å². The molecule has 0 spiro atoms. The molecular formula is C16H32O5. The minimum Gasteiger partial charge on any atom is -0.465 e. The van der Waals surface area contributed by atoms with Crippen molar-refractivity contribution in [1.82, 2.24) is 0 Å². The predicted molar refractivity (Wildman–Crippen MR) is 81.9 cm³/mol. The summed E-state index contributed by atoms with van der Waals surface area (Å²) in [5.74, 6) is -0.255. The fourth-order valence-corrected chi connectivity index (χ4v) is 2.04. The number of carbonyl (C=O) groups excluding carboxylic acids is 1. The molecule has 0 aromatic carbocycles.